The van der Waals surface area contributed by atoms with Gasteiger partial charge in [-0.1, -0.05) is 12.1 Å². The quantitative estimate of drug-likeness (QED) is 0.806. The second-order valence-electron chi connectivity index (χ2n) is 3.79. The van der Waals surface area contributed by atoms with Gasteiger partial charge in [-0.3, -0.25) is 4.79 Å². The SMILES string of the molecule is CNC(=O)c1cccc(C)c1NC(C#N)=C(C#N)C#N. The molecule has 0 aliphatic rings. The van der Waals surface area contributed by atoms with Crippen LogP contribution in [0.1, 0.15) is 15.9 Å². The number of carbonyl (C=O) groups excluding carboxylic acids is 1. The predicted octanol–water partition coefficient (Wildman–Crippen LogP) is 1.59. The fraction of sp³-hybridized carbons (Fsp3) is 0.143. The van der Waals surface area contributed by atoms with Crippen LogP contribution >= 0.6 is 0 Å². The monoisotopic (exact) mass is 265 g/mol. The van der Waals surface area contributed by atoms with Crippen molar-refractivity contribution in [1.29, 1.82) is 15.8 Å². The molecule has 1 aromatic carbocycles. The van der Waals surface area contributed by atoms with Gasteiger partial charge in [-0.25, -0.2) is 0 Å². The lowest BCUT2D eigenvalue weighted by atomic mass is 10.1. The Kier molecular flexibility index (Phi) is 4.86. The summed E-state index contributed by atoms with van der Waals surface area (Å²) in [4.78, 5) is 11.8. The molecule has 0 bridgehead atoms. The molecule has 0 aromatic heterocycles. The van der Waals surface area contributed by atoms with E-state index in [-0.39, 0.29) is 17.2 Å². The van der Waals surface area contributed by atoms with E-state index in [2.05, 4.69) is 10.6 Å². The first kappa shape index (κ1) is 14.8. The van der Waals surface area contributed by atoms with Gasteiger partial charge in [0.2, 0.25) is 0 Å². The number of hydrogen-bond donors (Lipinski definition) is 2. The van der Waals surface area contributed by atoms with Gasteiger partial charge in [0.05, 0.1) is 11.3 Å². The minimum atomic E-state index is -0.335. The van der Waals surface area contributed by atoms with Gasteiger partial charge in [-0.15, -0.1) is 0 Å². The molecule has 0 spiro atoms. The van der Waals surface area contributed by atoms with Crippen molar-refractivity contribution in [2.75, 3.05) is 12.4 Å². The maximum absolute atomic E-state index is 11.8. The molecule has 0 heterocycles. The Hall–Kier alpha value is -3.30. The second-order valence-corrected chi connectivity index (χ2v) is 3.79. The summed E-state index contributed by atoms with van der Waals surface area (Å²) in [7, 11) is 1.49. The van der Waals surface area contributed by atoms with Crippen LogP contribution in [0.4, 0.5) is 5.69 Å². The molecule has 98 valence electrons. The average Bonchev–Trinajstić information content (AvgIpc) is 2.47. The molecule has 1 aromatic rings. The minimum Gasteiger partial charge on any atom is -0.355 e. The van der Waals surface area contributed by atoms with E-state index in [0.29, 0.717) is 16.8 Å². The van der Waals surface area contributed by atoms with Crippen LogP contribution in [-0.2, 0) is 0 Å². The third-order valence-corrected chi connectivity index (χ3v) is 2.58. The number of para-hydroxylation sites is 1. The number of allylic oxidation sites excluding steroid dienone is 2. The van der Waals surface area contributed by atoms with Crippen LogP contribution in [0.5, 0.6) is 0 Å². The molecule has 6 heteroatoms. The number of nitrogens with one attached hydrogen (secondary N) is 2. The molecular formula is C14H11N5O. The highest BCUT2D eigenvalue weighted by Crippen LogP contribution is 2.23. The lowest BCUT2D eigenvalue weighted by molar-refractivity contribution is 0.0964. The van der Waals surface area contributed by atoms with Crippen LogP contribution in [0.25, 0.3) is 0 Å². The first-order valence-corrected chi connectivity index (χ1v) is 5.62. The molecule has 0 radical (unpaired) electrons. The summed E-state index contributed by atoms with van der Waals surface area (Å²) in [6.45, 7) is 1.75. The van der Waals surface area contributed by atoms with Crippen molar-refractivity contribution in [1.82, 2.24) is 5.32 Å². The molecular weight excluding hydrogens is 254 g/mol. The van der Waals surface area contributed by atoms with Crippen molar-refractivity contribution in [3.05, 3.63) is 40.6 Å². The first-order chi connectivity index (χ1) is 9.58. The summed E-state index contributed by atoms with van der Waals surface area (Å²) >= 11 is 0. The summed E-state index contributed by atoms with van der Waals surface area (Å²) in [5.41, 5.74) is 0.920. The van der Waals surface area contributed by atoms with E-state index in [1.807, 2.05) is 0 Å². The Morgan fingerprint density at radius 2 is 1.80 bits per heavy atom. The largest absolute Gasteiger partial charge is 0.355 e. The van der Waals surface area contributed by atoms with Gasteiger partial charge in [0.25, 0.3) is 5.91 Å². The number of anilines is 1. The minimum absolute atomic E-state index is 0.186. The van der Waals surface area contributed by atoms with E-state index in [0.717, 1.165) is 0 Å². The third-order valence-electron chi connectivity index (χ3n) is 2.58. The number of carbonyl (C=O) groups is 1. The topological polar surface area (TPSA) is 112 Å². The molecule has 0 atom stereocenters. The van der Waals surface area contributed by atoms with E-state index >= 15 is 0 Å². The summed E-state index contributed by atoms with van der Waals surface area (Å²) in [5, 5.41) is 31.8. The van der Waals surface area contributed by atoms with Crippen LogP contribution in [0, 0.1) is 40.9 Å². The molecule has 0 saturated carbocycles. The molecule has 0 aliphatic heterocycles. The Balaban J connectivity index is 3.40. The second kappa shape index (κ2) is 6.58. The number of hydrogen-bond acceptors (Lipinski definition) is 5. The highest BCUT2D eigenvalue weighted by Gasteiger charge is 2.15. The highest BCUT2D eigenvalue weighted by atomic mass is 16.1. The van der Waals surface area contributed by atoms with Crippen molar-refractivity contribution in [2.45, 2.75) is 6.92 Å². The molecule has 20 heavy (non-hydrogen) atoms. The summed E-state index contributed by atoms with van der Waals surface area (Å²) in [6.07, 6.45) is 0. The zero-order valence-electron chi connectivity index (χ0n) is 11.0. The molecule has 0 unspecified atom stereocenters. The zero-order chi connectivity index (χ0) is 15.1. The summed E-state index contributed by atoms with van der Waals surface area (Å²) in [6, 6.07) is 10.1. The Morgan fingerprint density at radius 3 is 2.30 bits per heavy atom. The lowest BCUT2D eigenvalue weighted by Crippen LogP contribution is -2.20. The number of benzene rings is 1. The van der Waals surface area contributed by atoms with Crippen LogP contribution in [0.2, 0.25) is 0 Å². The van der Waals surface area contributed by atoms with Crippen molar-refractivity contribution in [2.24, 2.45) is 0 Å². The molecule has 1 rings (SSSR count). The maximum Gasteiger partial charge on any atom is 0.253 e. The zero-order valence-corrected chi connectivity index (χ0v) is 11.0. The van der Waals surface area contributed by atoms with Crippen LogP contribution in [-0.4, -0.2) is 13.0 Å². The highest BCUT2D eigenvalue weighted by molar-refractivity contribution is 6.00. The van der Waals surface area contributed by atoms with Crippen molar-refractivity contribution in [3.8, 4) is 18.2 Å². The van der Waals surface area contributed by atoms with E-state index in [4.69, 9.17) is 15.8 Å². The fourth-order valence-corrected chi connectivity index (χ4v) is 1.57. The molecule has 0 saturated heterocycles. The maximum atomic E-state index is 11.8. The van der Waals surface area contributed by atoms with E-state index in [1.54, 1.807) is 43.3 Å². The Bertz CT molecular complexity index is 682. The van der Waals surface area contributed by atoms with Gasteiger partial charge in [-0.2, -0.15) is 15.8 Å². The van der Waals surface area contributed by atoms with Crippen molar-refractivity contribution < 1.29 is 4.79 Å². The Labute approximate surface area is 116 Å². The van der Waals surface area contributed by atoms with E-state index in [1.165, 1.54) is 7.05 Å². The number of amides is 1. The molecule has 2 N–H and O–H groups in total. The summed E-state index contributed by atoms with van der Waals surface area (Å²) in [5.74, 6) is -0.330. The molecule has 1 amide bonds. The van der Waals surface area contributed by atoms with Gasteiger partial charge in [0.1, 0.15) is 23.9 Å². The number of nitrogens with zero attached hydrogens (tertiary/aromatic N) is 3. The smallest absolute Gasteiger partial charge is 0.253 e. The normalized spacial score (nSPS) is 8.55. The summed E-state index contributed by atoms with van der Waals surface area (Å²) < 4.78 is 0. The van der Waals surface area contributed by atoms with Gasteiger partial charge >= 0.3 is 0 Å². The van der Waals surface area contributed by atoms with Gasteiger partial charge < -0.3 is 10.6 Å². The third kappa shape index (κ3) is 2.93. The molecule has 0 fully saturated rings. The number of aryl methyl sites for hydroxylation is 1. The van der Waals surface area contributed by atoms with Crippen LogP contribution < -0.4 is 10.6 Å². The fourth-order valence-electron chi connectivity index (χ4n) is 1.57. The molecule has 6 nitrogen and oxygen atoms in total. The average molecular weight is 265 g/mol. The lowest BCUT2D eigenvalue weighted by Gasteiger charge is -2.13. The number of rotatable bonds is 3. The first-order valence-electron chi connectivity index (χ1n) is 5.62. The van der Waals surface area contributed by atoms with Gasteiger partial charge in [-0.05, 0) is 18.6 Å². The van der Waals surface area contributed by atoms with Crippen molar-refractivity contribution >= 4 is 11.6 Å². The van der Waals surface area contributed by atoms with Gasteiger partial charge in [0, 0.05) is 7.05 Å². The number of nitriles is 3. The van der Waals surface area contributed by atoms with E-state index < -0.39 is 0 Å². The van der Waals surface area contributed by atoms with Gasteiger partial charge in [0.15, 0.2) is 5.57 Å². The van der Waals surface area contributed by atoms with E-state index in [9.17, 15) is 4.79 Å². The van der Waals surface area contributed by atoms with Crippen LogP contribution in [0.3, 0.4) is 0 Å². The standard InChI is InChI=1S/C14H11N5O/c1-9-4-3-5-11(14(20)18-2)13(9)19-12(8-17)10(6-15)7-16/h3-5,19H,1-2H3,(H,18,20). The molecule has 0 aliphatic carbocycles. The Morgan fingerprint density at radius 1 is 1.15 bits per heavy atom. The van der Waals surface area contributed by atoms with Crippen LogP contribution in [0.15, 0.2) is 29.5 Å². The van der Waals surface area contributed by atoms with Crippen molar-refractivity contribution in [3.63, 3.8) is 0 Å². The predicted molar refractivity (Wildman–Crippen MR) is 72.1 cm³/mol.